The summed E-state index contributed by atoms with van der Waals surface area (Å²) in [7, 11) is -3.86. The van der Waals surface area contributed by atoms with Crippen LogP contribution in [0.3, 0.4) is 0 Å². The Morgan fingerprint density at radius 2 is 2.04 bits per heavy atom. The van der Waals surface area contributed by atoms with E-state index in [1.54, 1.807) is 17.0 Å². The Morgan fingerprint density at radius 1 is 1.38 bits per heavy atom. The van der Waals surface area contributed by atoms with E-state index in [2.05, 4.69) is 30.6 Å². The van der Waals surface area contributed by atoms with Gasteiger partial charge >= 0.3 is 0 Å². The molecular formula is C15H17BrN4O3S. The van der Waals surface area contributed by atoms with E-state index in [4.69, 9.17) is 0 Å². The third-order valence-corrected chi connectivity index (χ3v) is 7.11. The molecule has 0 saturated carbocycles. The summed E-state index contributed by atoms with van der Waals surface area (Å²) in [6.07, 6.45) is 5.32. The van der Waals surface area contributed by atoms with Crippen LogP contribution in [-0.4, -0.2) is 35.7 Å². The molecule has 0 bridgehead atoms. The Balaban J connectivity index is 2.01. The molecule has 7 nitrogen and oxygen atoms in total. The van der Waals surface area contributed by atoms with Crippen LogP contribution in [0, 0.1) is 11.8 Å². The maximum Gasteiger partial charge on any atom is 0.265 e. The second kappa shape index (κ2) is 6.29. The molecule has 1 amide bonds. The van der Waals surface area contributed by atoms with Crippen molar-refractivity contribution in [2.75, 3.05) is 11.3 Å². The zero-order valence-corrected chi connectivity index (χ0v) is 15.6. The van der Waals surface area contributed by atoms with Gasteiger partial charge in [-0.25, -0.2) is 23.1 Å². The topological polar surface area (TPSA) is 92.3 Å². The lowest BCUT2D eigenvalue weighted by Gasteiger charge is -2.29. The van der Waals surface area contributed by atoms with Gasteiger partial charge in [0.2, 0.25) is 11.9 Å². The molecule has 1 aliphatic heterocycles. The predicted octanol–water partition coefficient (Wildman–Crippen LogP) is 2.23. The van der Waals surface area contributed by atoms with Crippen molar-refractivity contribution in [2.45, 2.75) is 20.3 Å². The van der Waals surface area contributed by atoms with E-state index in [0.29, 0.717) is 11.0 Å². The molecule has 24 heavy (non-hydrogen) atoms. The summed E-state index contributed by atoms with van der Waals surface area (Å²) in [5.74, 6) is 0.0335. The number of allylic oxidation sites excluding steroid dienone is 3. The van der Waals surface area contributed by atoms with Crippen LogP contribution in [0.2, 0.25) is 0 Å². The van der Waals surface area contributed by atoms with E-state index in [-0.39, 0.29) is 28.6 Å². The molecular weight excluding hydrogens is 396 g/mol. The number of carbonyl (C=O) groups excluding carboxylic acids is 1. The normalized spacial score (nSPS) is 23.8. The van der Waals surface area contributed by atoms with Crippen LogP contribution in [-0.2, 0) is 14.8 Å². The van der Waals surface area contributed by atoms with Crippen molar-refractivity contribution in [1.29, 1.82) is 0 Å². The highest BCUT2D eigenvalue weighted by molar-refractivity contribution is 9.11. The van der Waals surface area contributed by atoms with E-state index in [9.17, 15) is 13.2 Å². The molecule has 128 valence electrons. The fraction of sp³-hybridized carbons (Fsp3) is 0.400. The molecule has 1 saturated heterocycles. The lowest BCUT2D eigenvalue weighted by atomic mass is 9.87. The number of hydrogen-bond acceptors (Lipinski definition) is 5. The van der Waals surface area contributed by atoms with Gasteiger partial charge in [-0.05, 0) is 24.5 Å². The smallest absolute Gasteiger partial charge is 0.265 e. The minimum Gasteiger partial charge on any atom is -0.316 e. The first kappa shape index (κ1) is 17.1. The summed E-state index contributed by atoms with van der Waals surface area (Å²) in [6, 6.07) is 1.60. The van der Waals surface area contributed by atoms with Gasteiger partial charge in [-0.2, -0.15) is 0 Å². The molecule has 2 unspecified atom stereocenters. The maximum absolute atomic E-state index is 12.7. The largest absolute Gasteiger partial charge is 0.316 e. The Morgan fingerprint density at radius 3 is 2.67 bits per heavy atom. The Labute approximate surface area is 149 Å². The summed E-state index contributed by atoms with van der Waals surface area (Å²) >= 11 is 3.43. The lowest BCUT2D eigenvalue weighted by molar-refractivity contribution is -0.126. The average molecular weight is 413 g/mol. The quantitative estimate of drug-likeness (QED) is 0.821. The lowest BCUT2D eigenvalue weighted by Crippen LogP contribution is -2.29. The SMILES string of the molecule is CC(=O)N1CCC2C1=CC(S(=O)(=O)Nc1ncccn1)=C(Br)C2C. The molecule has 2 heterocycles. The first-order valence-electron chi connectivity index (χ1n) is 7.50. The highest BCUT2D eigenvalue weighted by Crippen LogP contribution is 2.45. The van der Waals surface area contributed by atoms with Crippen LogP contribution < -0.4 is 4.72 Å². The van der Waals surface area contributed by atoms with Gasteiger partial charge in [-0.1, -0.05) is 22.9 Å². The second-order valence-corrected chi connectivity index (χ2v) is 8.32. The molecule has 0 spiro atoms. The number of aromatic nitrogens is 2. The van der Waals surface area contributed by atoms with Crippen LogP contribution in [0.5, 0.6) is 0 Å². The summed E-state index contributed by atoms with van der Waals surface area (Å²) in [4.78, 5) is 21.3. The van der Waals surface area contributed by atoms with Gasteiger partial charge in [-0.15, -0.1) is 0 Å². The number of anilines is 1. The highest BCUT2D eigenvalue weighted by atomic mass is 79.9. The second-order valence-electron chi connectivity index (χ2n) is 5.81. The van der Waals surface area contributed by atoms with E-state index in [1.807, 2.05) is 6.92 Å². The number of amides is 1. The van der Waals surface area contributed by atoms with Crippen molar-refractivity contribution in [3.05, 3.63) is 39.6 Å². The number of hydrogen-bond donors (Lipinski definition) is 1. The fourth-order valence-corrected chi connectivity index (χ4v) is 5.36. The summed E-state index contributed by atoms with van der Waals surface area (Å²) in [5, 5.41) is 0. The van der Waals surface area contributed by atoms with E-state index < -0.39 is 10.0 Å². The number of halogens is 1. The third-order valence-electron chi connectivity index (χ3n) is 4.33. The van der Waals surface area contributed by atoms with Crippen LogP contribution >= 0.6 is 15.9 Å². The van der Waals surface area contributed by atoms with Gasteiger partial charge in [0, 0.05) is 42.0 Å². The maximum atomic E-state index is 12.7. The molecule has 1 aromatic rings. The van der Waals surface area contributed by atoms with Crippen LogP contribution in [0.4, 0.5) is 5.95 Å². The van der Waals surface area contributed by atoms with Crippen LogP contribution in [0.25, 0.3) is 0 Å². The van der Waals surface area contributed by atoms with Gasteiger partial charge in [0.15, 0.2) is 0 Å². The van der Waals surface area contributed by atoms with Gasteiger partial charge in [0.25, 0.3) is 10.0 Å². The number of rotatable bonds is 3. The summed E-state index contributed by atoms with van der Waals surface area (Å²) < 4.78 is 28.5. The number of fused-ring (bicyclic) bond motifs is 1. The van der Waals surface area contributed by atoms with Gasteiger partial charge < -0.3 is 4.90 Å². The van der Waals surface area contributed by atoms with Crippen molar-refractivity contribution >= 4 is 37.8 Å². The molecule has 9 heteroatoms. The van der Waals surface area contributed by atoms with Gasteiger partial charge in [0.1, 0.15) is 0 Å². The molecule has 3 rings (SSSR count). The minimum absolute atomic E-state index is 0.00771. The van der Waals surface area contributed by atoms with E-state index in [1.165, 1.54) is 19.3 Å². The molecule has 1 aromatic heterocycles. The Hall–Kier alpha value is -1.74. The fourth-order valence-electron chi connectivity index (χ4n) is 3.11. The number of sulfonamides is 1. The highest BCUT2D eigenvalue weighted by Gasteiger charge is 2.40. The number of likely N-dealkylation sites (tertiary alicyclic amines) is 1. The van der Waals surface area contributed by atoms with E-state index in [0.717, 1.165) is 12.1 Å². The van der Waals surface area contributed by atoms with Crippen molar-refractivity contribution < 1.29 is 13.2 Å². The number of carbonyl (C=O) groups is 1. The molecule has 2 atom stereocenters. The molecule has 0 radical (unpaired) electrons. The minimum atomic E-state index is -3.86. The monoisotopic (exact) mass is 412 g/mol. The Bertz CT molecular complexity index is 836. The molecule has 2 aliphatic rings. The molecule has 1 N–H and O–H groups in total. The first-order valence-corrected chi connectivity index (χ1v) is 9.78. The number of nitrogens with one attached hydrogen (secondary N) is 1. The molecule has 0 aromatic carbocycles. The Kier molecular flexibility index (Phi) is 4.48. The van der Waals surface area contributed by atoms with E-state index >= 15 is 0 Å². The molecule has 1 fully saturated rings. The number of nitrogens with zero attached hydrogens (tertiary/aromatic N) is 3. The zero-order valence-electron chi connectivity index (χ0n) is 13.2. The molecule has 1 aliphatic carbocycles. The van der Waals surface area contributed by atoms with Crippen molar-refractivity contribution in [3.63, 3.8) is 0 Å². The standard InChI is InChI=1S/C15H17BrN4O3S/c1-9-11-4-7-20(10(2)21)12(11)8-13(14(9)16)24(22,23)19-15-17-5-3-6-18-15/h3,5-6,8-9,11H,4,7H2,1-2H3,(H,17,18,19). The van der Waals surface area contributed by atoms with Crippen molar-refractivity contribution in [1.82, 2.24) is 14.9 Å². The van der Waals surface area contributed by atoms with Gasteiger partial charge in [0.05, 0.1) is 4.91 Å². The first-order chi connectivity index (χ1) is 11.3. The zero-order chi connectivity index (χ0) is 17.5. The van der Waals surface area contributed by atoms with Crippen LogP contribution in [0.1, 0.15) is 20.3 Å². The van der Waals surface area contributed by atoms with Crippen molar-refractivity contribution in [2.24, 2.45) is 11.8 Å². The van der Waals surface area contributed by atoms with Crippen LogP contribution in [0.15, 0.2) is 39.6 Å². The predicted molar refractivity (Wildman–Crippen MR) is 93.3 cm³/mol. The van der Waals surface area contributed by atoms with Gasteiger partial charge in [-0.3, -0.25) is 4.79 Å². The summed E-state index contributed by atoms with van der Waals surface area (Å²) in [6.45, 7) is 4.06. The summed E-state index contributed by atoms with van der Waals surface area (Å²) in [5.41, 5.74) is 0.757. The van der Waals surface area contributed by atoms with Crippen molar-refractivity contribution in [3.8, 4) is 0 Å². The third kappa shape index (κ3) is 2.98. The average Bonchev–Trinajstić information content (AvgIpc) is 2.95.